The molecular formula is C28H24N14O8. The second kappa shape index (κ2) is 13.7. The molecule has 0 saturated heterocycles. The van der Waals surface area contributed by atoms with Crippen LogP contribution in [0.5, 0.6) is 0 Å². The van der Waals surface area contributed by atoms with E-state index in [2.05, 4.69) is 40.3 Å². The van der Waals surface area contributed by atoms with Gasteiger partial charge in [0.2, 0.25) is 11.9 Å². The Labute approximate surface area is 276 Å². The first kappa shape index (κ1) is 33.9. The van der Waals surface area contributed by atoms with Crippen LogP contribution < -0.4 is 34.1 Å². The third-order valence-electron chi connectivity index (χ3n) is 6.89. The molecule has 5 rings (SSSR count). The average molecular weight is 685 g/mol. The largest absolute Gasteiger partial charge is 0.382 e. The molecule has 50 heavy (non-hydrogen) atoms. The SMILES string of the molecule is NC(N)=N/N=C(\c1nc2ccc([N+](=O)[O-])cc2[nH]c1=O)[C@@H](O)c1ccc([C@H](O)/C(=N/N=C(N)N)c2nc3ccc([N+](=O)[O-])cc3[nH]c2=O)cc1. The van der Waals surface area contributed by atoms with Crippen molar-refractivity contribution < 1.29 is 20.1 Å². The number of nitrogens with two attached hydrogens (primary N) is 4. The van der Waals surface area contributed by atoms with Crippen molar-refractivity contribution in [2.75, 3.05) is 0 Å². The Bertz CT molecular complexity index is 2240. The number of aliphatic hydroxyl groups excluding tert-OH is 2. The van der Waals surface area contributed by atoms with E-state index >= 15 is 0 Å². The second-order valence-electron chi connectivity index (χ2n) is 10.2. The predicted octanol–water partition coefficient (Wildman–Crippen LogP) is -0.602. The molecule has 3 aromatic carbocycles. The minimum Gasteiger partial charge on any atom is -0.382 e. The number of hydrogen-bond acceptors (Lipinski definition) is 14. The molecule has 2 heterocycles. The Morgan fingerprint density at radius 3 is 1.32 bits per heavy atom. The zero-order chi connectivity index (χ0) is 36.3. The maximum absolute atomic E-state index is 13.0. The third kappa shape index (κ3) is 7.09. The number of aromatic amines is 2. The molecule has 0 aliphatic carbocycles. The summed E-state index contributed by atoms with van der Waals surface area (Å²) in [6.45, 7) is 0. The van der Waals surface area contributed by atoms with Crippen molar-refractivity contribution in [2.24, 2.45) is 43.3 Å². The van der Waals surface area contributed by atoms with Gasteiger partial charge in [0.1, 0.15) is 23.6 Å². The van der Waals surface area contributed by atoms with E-state index in [4.69, 9.17) is 22.9 Å². The number of fused-ring (bicyclic) bond motifs is 2. The Morgan fingerprint density at radius 2 is 1.00 bits per heavy atom. The van der Waals surface area contributed by atoms with Gasteiger partial charge in [-0.1, -0.05) is 24.3 Å². The fraction of sp³-hybridized carbons (Fsp3) is 0.0714. The molecule has 0 fully saturated rings. The lowest BCUT2D eigenvalue weighted by Crippen LogP contribution is -2.27. The van der Waals surface area contributed by atoms with Gasteiger partial charge in [0.05, 0.1) is 31.9 Å². The fourth-order valence-corrected chi connectivity index (χ4v) is 4.59. The number of non-ortho nitro benzene ring substituents is 2. The fourth-order valence-electron chi connectivity index (χ4n) is 4.59. The quantitative estimate of drug-likeness (QED) is 0.0394. The maximum Gasteiger partial charge on any atom is 0.276 e. The van der Waals surface area contributed by atoms with E-state index in [1.54, 1.807) is 0 Å². The Kier molecular flexibility index (Phi) is 9.30. The van der Waals surface area contributed by atoms with E-state index in [-0.39, 0.29) is 44.6 Å². The number of H-pyrrole nitrogens is 2. The number of rotatable bonds is 10. The summed E-state index contributed by atoms with van der Waals surface area (Å²) < 4.78 is 0. The summed E-state index contributed by atoms with van der Waals surface area (Å²) >= 11 is 0. The monoisotopic (exact) mass is 684 g/mol. The lowest BCUT2D eigenvalue weighted by Gasteiger charge is -2.16. The van der Waals surface area contributed by atoms with Crippen LogP contribution in [0.15, 0.2) is 90.7 Å². The van der Waals surface area contributed by atoms with Gasteiger partial charge in [0.15, 0.2) is 11.4 Å². The van der Waals surface area contributed by atoms with Gasteiger partial charge in [-0.3, -0.25) is 29.8 Å². The summed E-state index contributed by atoms with van der Waals surface area (Å²) in [6, 6.07) is 12.5. The molecule has 0 bridgehead atoms. The van der Waals surface area contributed by atoms with Crippen molar-refractivity contribution in [3.05, 3.63) is 124 Å². The van der Waals surface area contributed by atoms with E-state index < -0.39 is 67.9 Å². The Balaban J connectivity index is 1.53. The molecule has 0 amide bonds. The van der Waals surface area contributed by atoms with Gasteiger partial charge in [0.25, 0.3) is 22.5 Å². The highest BCUT2D eigenvalue weighted by atomic mass is 16.6. The first-order valence-corrected chi connectivity index (χ1v) is 13.9. The van der Waals surface area contributed by atoms with E-state index in [0.29, 0.717) is 0 Å². The summed E-state index contributed by atoms with van der Waals surface area (Å²) in [5.74, 6) is -1.02. The lowest BCUT2D eigenvalue weighted by atomic mass is 9.97. The van der Waals surface area contributed by atoms with Crippen LogP contribution in [0.4, 0.5) is 11.4 Å². The highest BCUT2D eigenvalue weighted by molar-refractivity contribution is 6.04. The number of benzene rings is 3. The van der Waals surface area contributed by atoms with E-state index in [1.807, 2.05) is 0 Å². The molecule has 254 valence electrons. The molecule has 0 aliphatic heterocycles. The molecule has 0 spiro atoms. The second-order valence-corrected chi connectivity index (χ2v) is 10.2. The van der Waals surface area contributed by atoms with Crippen molar-refractivity contribution >= 4 is 56.8 Å². The molecule has 0 saturated carbocycles. The molecule has 0 unspecified atom stereocenters. The van der Waals surface area contributed by atoms with Gasteiger partial charge >= 0.3 is 0 Å². The number of nitrogens with one attached hydrogen (secondary N) is 2. The molecular weight excluding hydrogens is 660 g/mol. The van der Waals surface area contributed by atoms with E-state index in [9.17, 15) is 40.0 Å². The number of aromatic nitrogens is 4. The highest BCUT2D eigenvalue weighted by Crippen LogP contribution is 2.25. The summed E-state index contributed by atoms with van der Waals surface area (Å²) in [5.41, 5.74) is 18.2. The number of nitrogens with zero attached hydrogens (tertiary/aromatic N) is 8. The van der Waals surface area contributed by atoms with Crippen molar-refractivity contribution in [3.8, 4) is 0 Å². The molecule has 22 heteroatoms. The van der Waals surface area contributed by atoms with E-state index in [0.717, 1.165) is 12.1 Å². The minimum absolute atomic E-state index is 0.0428. The molecule has 22 nitrogen and oxygen atoms in total. The van der Waals surface area contributed by atoms with Gasteiger partial charge in [-0.2, -0.15) is 0 Å². The van der Waals surface area contributed by atoms with Gasteiger partial charge in [-0.05, 0) is 23.3 Å². The Hall–Kier alpha value is -7.46. The zero-order valence-corrected chi connectivity index (χ0v) is 25.2. The highest BCUT2D eigenvalue weighted by Gasteiger charge is 2.26. The van der Waals surface area contributed by atoms with Crippen molar-refractivity contribution in [1.29, 1.82) is 0 Å². The lowest BCUT2D eigenvalue weighted by molar-refractivity contribution is -0.384. The van der Waals surface area contributed by atoms with Crippen LogP contribution in [-0.4, -0.2) is 63.3 Å². The van der Waals surface area contributed by atoms with Crippen molar-refractivity contribution in [1.82, 2.24) is 19.9 Å². The van der Waals surface area contributed by atoms with Crippen molar-refractivity contribution in [2.45, 2.75) is 12.2 Å². The van der Waals surface area contributed by atoms with E-state index in [1.165, 1.54) is 48.5 Å². The molecule has 0 radical (unpaired) electrons. The normalized spacial score (nSPS) is 13.1. The van der Waals surface area contributed by atoms with Crippen LogP contribution in [-0.2, 0) is 0 Å². The number of nitro benzene ring substituents is 2. The van der Waals surface area contributed by atoms with Crippen LogP contribution in [0, 0.1) is 20.2 Å². The van der Waals surface area contributed by atoms with Gasteiger partial charge in [-0.25, -0.2) is 9.97 Å². The first-order chi connectivity index (χ1) is 23.7. The predicted molar refractivity (Wildman–Crippen MR) is 179 cm³/mol. The van der Waals surface area contributed by atoms with Gasteiger partial charge < -0.3 is 43.1 Å². The minimum atomic E-state index is -1.70. The molecule has 2 aromatic heterocycles. The van der Waals surface area contributed by atoms with Crippen LogP contribution in [0.2, 0.25) is 0 Å². The smallest absolute Gasteiger partial charge is 0.276 e. The molecule has 5 aromatic rings. The van der Waals surface area contributed by atoms with Crippen LogP contribution in [0.3, 0.4) is 0 Å². The first-order valence-electron chi connectivity index (χ1n) is 13.9. The number of nitro groups is 2. The van der Waals surface area contributed by atoms with Crippen LogP contribution in [0.1, 0.15) is 34.7 Å². The van der Waals surface area contributed by atoms with Crippen LogP contribution in [0.25, 0.3) is 22.1 Å². The van der Waals surface area contributed by atoms with Crippen molar-refractivity contribution in [3.63, 3.8) is 0 Å². The topological polar surface area (TPSA) is 372 Å². The van der Waals surface area contributed by atoms with Gasteiger partial charge in [0, 0.05) is 24.3 Å². The summed E-state index contributed by atoms with van der Waals surface area (Å²) in [5, 5.41) is 59.7. The molecule has 2 atom stereocenters. The zero-order valence-electron chi connectivity index (χ0n) is 25.2. The summed E-state index contributed by atoms with van der Waals surface area (Å²) in [7, 11) is 0. The van der Waals surface area contributed by atoms with Crippen LogP contribution >= 0.6 is 0 Å². The summed E-state index contributed by atoms with van der Waals surface area (Å²) in [4.78, 5) is 60.4. The molecule has 12 N–H and O–H groups in total. The Morgan fingerprint density at radius 1 is 0.640 bits per heavy atom. The van der Waals surface area contributed by atoms with Gasteiger partial charge in [-0.15, -0.1) is 20.4 Å². The molecule has 0 aliphatic rings. The average Bonchev–Trinajstić information content (AvgIpc) is 3.07. The summed E-state index contributed by atoms with van der Waals surface area (Å²) in [6.07, 6.45) is -3.39. The third-order valence-corrected chi connectivity index (χ3v) is 6.89. The standard InChI is InChI=1S/C28H24N14O8/c29-27(30)39-37-19(21-25(45)35-17-9-13(41(47)48)5-7-15(17)33-21)23(43)11-1-2-12(4-3-11)24(44)20(38-40-28(31)32)22-26(46)36-18-10-14(42(49)50)6-8-16(18)34-22/h1-10,23-24,43-44H,(H,35,45)(H,36,46)(H4,29,30,39)(H4,31,32,40)/b37-19+,38-20+/t23-,24-/m0/s1. The number of hydrogen-bond donors (Lipinski definition) is 8. The number of aliphatic hydroxyl groups is 2. The maximum atomic E-state index is 13.0. The number of guanidine groups is 2.